The van der Waals surface area contributed by atoms with Crippen LogP contribution in [0.5, 0.6) is 5.75 Å². The summed E-state index contributed by atoms with van der Waals surface area (Å²) in [5, 5.41) is 3.68. The summed E-state index contributed by atoms with van der Waals surface area (Å²) in [7, 11) is 0. The van der Waals surface area contributed by atoms with Gasteiger partial charge in [-0.2, -0.15) is 0 Å². The molecule has 0 aliphatic heterocycles. The van der Waals surface area contributed by atoms with E-state index in [0.717, 1.165) is 22.0 Å². The normalized spacial score (nSPS) is 12.9. The summed E-state index contributed by atoms with van der Waals surface area (Å²) in [5.74, 6) is 0.339. The number of nitrogens with one attached hydrogen (secondary N) is 2. The minimum atomic E-state index is -1.87. The van der Waals surface area contributed by atoms with Crippen molar-refractivity contribution in [1.82, 2.24) is 15.3 Å². The van der Waals surface area contributed by atoms with E-state index in [1.165, 1.54) is 6.20 Å². The number of ether oxygens (including phenoxy) is 3. The fourth-order valence-corrected chi connectivity index (χ4v) is 5.04. The molecule has 0 bridgehead atoms. The maximum Gasteiger partial charge on any atom is 0.407 e. The van der Waals surface area contributed by atoms with E-state index < -0.39 is 16.0 Å². The average molecular weight is 633 g/mol. The molecular weight excluding hydrogens is 601 g/mol. The van der Waals surface area contributed by atoms with Gasteiger partial charge >= 0.3 is 12.1 Å². The van der Waals surface area contributed by atoms with Crippen LogP contribution < -0.4 is 10.1 Å². The van der Waals surface area contributed by atoms with Gasteiger partial charge in [-0.15, -0.1) is 0 Å². The third-order valence-electron chi connectivity index (χ3n) is 6.53. The number of aromatic nitrogens is 2. The molecule has 4 rings (SSSR count). The number of H-pyrrole nitrogens is 1. The molecule has 2 unspecified atom stereocenters. The van der Waals surface area contributed by atoms with Crippen molar-refractivity contribution < 1.29 is 23.8 Å². The van der Waals surface area contributed by atoms with Crippen LogP contribution in [0.25, 0.3) is 10.9 Å². The third-order valence-corrected chi connectivity index (χ3v) is 7.12. The first-order valence-corrected chi connectivity index (χ1v) is 14.8. The monoisotopic (exact) mass is 631 g/mol. The average Bonchev–Trinajstić information content (AvgIpc) is 3.40. The molecule has 42 heavy (non-hydrogen) atoms. The predicted octanol–water partition coefficient (Wildman–Crippen LogP) is 7.64. The van der Waals surface area contributed by atoms with Crippen LogP contribution in [0.4, 0.5) is 4.79 Å². The molecule has 0 saturated heterocycles. The minimum absolute atomic E-state index is 0.140. The number of fused-ring (bicyclic) bond motifs is 1. The predicted molar refractivity (Wildman–Crippen MR) is 164 cm³/mol. The van der Waals surface area contributed by atoms with Gasteiger partial charge in [-0.3, -0.25) is 9.78 Å². The number of carbonyl (C=O) groups is 2. The molecule has 4 aromatic rings. The number of benzene rings is 2. The summed E-state index contributed by atoms with van der Waals surface area (Å²) in [6.07, 6.45) is 3.21. The number of alkyl halides is 3. The fraction of sp³-hybridized carbons (Fsp3) is 0.323. The Labute approximate surface area is 259 Å². The lowest BCUT2D eigenvalue weighted by molar-refractivity contribution is -0.143. The molecule has 0 saturated carbocycles. The Morgan fingerprint density at radius 3 is 2.52 bits per heavy atom. The van der Waals surface area contributed by atoms with E-state index in [-0.39, 0.29) is 18.3 Å². The van der Waals surface area contributed by atoms with Gasteiger partial charge < -0.3 is 24.5 Å². The van der Waals surface area contributed by atoms with Crippen molar-refractivity contribution in [3.05, 3.63) is 95.9 Å². The summed E-state index contributed by atoms with van der Waals surface area (Å²) >= 11 is 18.0. The van der Waals surface area contributed by atoms with E-state index in [1.54, 1.807) is 25.1 Å². The van der Waals surface area contributed by atoms with Crippen LogP contribution in [0, 0.1) is 0 Å². The number of halogens is 3. The second kappa shape index (κ2) is 15.1. The van der Waals surface area contributed by atoms with Gasteiger partial charge in [0.1, 0.15) is 5.75 Å². The van der Waals surface area contributed by atoms with Gasteiger partial charge in [-0.05, 0) is 55.2 Å². The molecule has 0 radical (unpaired) electrons. The number of alkyl carbamates (subject to hydrolysis) is 1. The maximum absolute atomic E-state index is 12.4. The molecular formula is C31H32Cl3N3O5. The molecule has 0 spiro atoms. The quantitative estimate of drug-likeness (QED) is 0.0892. The Balaban J connectivity index is 1.27. The first kappa shape index (κ1) is 31.5. The third kappa shape index (κ3) is 8.77. The van der Waals surface area contributed by atoms with Gasteiger partial charge in [0.2, 0.25) is 3.79 Å². The Kier molecular flexibility index (Phi) is 11.3. The van der Waals surface area contributed by atoms with Gasteiger partial charge in [0.25, 0.3) is 0 Å². The number of esters is 1. The molecule has 2 heterocycles. The number of hydrogen-bond donors (Lipinski definition) is 2. The molecule has 2 N–H and O–H groups in total. The van der Waals surface area contributed by atoms with E-state index >= 15 is 0 Å². The van der Waals surface area contributed by atoms with Gasteiger partial charge in [0.15, 0.2) is 6.10 Å². The first-order valence-electron chi connectivity index (χ1n) is 13.6. The van der Waals surface area contributed by atoms with Crippen LogP contribution in [0.3, 0.4) is 0 Å². The molecule has 222 valence electrons. The van der Waals surface area contributed by atoms with Gasteiger partial charge in [0.05, 0.1) is 25.3 Å². The Morgan fingerprint density at radius 2 is 1.81 bits per heavy atom. The fourth-order valence-electron chi connectivity index (χ4n) is 4.57. The highest BCUT2D eigenvalue weighted by atomic mass is 35.6. The number of aromatic amines is 1. The second-order valence-corrected chi connectivity index (χ2v) is 11.9. The maximum atomic E-state index is 12.4. The van der Waals surface area contributed by atoms with Crippen LogP contribution in [0.1, 0.15) is 55.0 Å². The first-order chi connectivity index (χ1) is 20.3. The highest BCUT2D eigenvalue weighted by molar-refractivity contribution is 6.68. The summed E-state index contributed by atoms with van der Waals surface area (Å²) in [5.41, 5.74) is 3.31. The van der Waals surface area contributed by atoms with Crippen LogP contribution in [0.15, 0.2) is 79.1 Å². The Hall–Kier alpha value is -3.46. The number of rotatable bonds is 13. The van der Waals surface area contributed by atoms with E-state index in [0.29, 0.717) is 44.0 Å². The lowest BCUT2D eigenvalue weighted by atomic mass is 9.88. The number of pyridine rings is 1. The van der Waals surface area contributed by atoms with Crippen LogP contribution in [0.2, 0.25) is 0 Å². The van der Waals surface area contributed by atoms with E-state index in [2.05, 4.69) is 15.3 Å². The highest BCUT2D eigenvalue weighted by Crippen LogP contribution is 2.41. The zero-order valence-corrected chi connectivity index (χ0v) is 25.3. The Bertz CT molecular complexity index is 1440. The highest BCUT2D eigenvalue weighted by Gasteiger charge is 2.38. The zero-order valence-electron chi connectivity index (χ0n) is 23.0. The zero-order chi connectivity index (χ0) is 30.0. The van der Waals surface area contributed by atoms with Crippen molar-refractivity contribution in [2.75, 3.05) is 19.8 Å². The van der Waals surface area contributed by atoms with Gasteiger partial charge in [-0.1, -0.05) is 71.2 Å². The number of amides is 1. The number of nitrogens with zero attached hydrogens (tertiary/aromatic N) is 1. The number of carbonyl (C=O) groups excluding carboxylic acids is 2. The summed E-state index contributed by atoms with van der Waals surface area (Å²) in [6.45, 7) is 2.97. The molecule has 2 atom stereocenters. The molecule has 2 aromatic carbocycles. The smallest absolute Gasteiger partial charge is 0.407 e. The van der Waals surface area contributed by atoms with E-state index in [1.807, 2.05) is 54.7 Å². The minimum Gasteiger partial charge on any atom is -0.494 e. The van der Waals surface area contributed by atoms with Crippen molar-refractivity contribution in [2.45, 2.75) is 42.0 Å². The number of unbranched alkanes of at least 4 members (excludes halogenated alkanes) is 1. The SMILES string of the molecule is CCOC(=O)CC(c1ccccc1)c1c[nH]c2cc(OCCCCNC(=O)OC(c3ccccn3)C(Cl)(Cl)Cl)ccc12. The summed E-state index contributed by atoms with van der Waals surface area (Å²) < 4.78 is 14.6. The number of hydrogen-bond acceptors (Lipinski definition) is 6. The summed E-state index contributed by atoms with van der Waals surface area (Å²) in [6, 6.07) is 20.8. The van der Waals surface area contributed by atoms with Crippen LogP contribution >= 0.6 is 34.8 Å². The van der Waals surface area contributed by atoms with Crippen molar-refractivity contribution in [2.24, 2.45) is 0 Å². The lowest BCUT2D eigenvalue weighted by Crippen LogP contribution is -2.31. The molecule has 8 nitrogen and oxygen atoms in total. The van der Waals surface area contributed by atoms with Crippen molar-refractivity contribution in [1.29, 1.82) is 0 Å². The van der Waals surface area contributed by atoms with Crippen molar-refractivity contribution >= 4 is 57.8 Å². The van der Waals surface area contributed by atoms with Crippen LogP contribution in [-0.4, -0.2) is 45.6 Å². The lowest BCUT2D eigenvalue weighted by Gasteiger charge is -2.23. The van der Waals surface area contributed by atoms with Gasteiger partial charge in [-0.25, -0.2) is 4.79 Å². The van der Waals surface area contributed by atoms with E-state index in [4.69, 9.17) is 49.0 Å². The Morgan fingerprint density at radius 1 is 1.02 bits per heavy atom. The molecule has 1 amide bonds. The van der Waals surface area contributed by atoms with E-state index in [9.17, 15) is 9.59 Å². The molecule has 2 aromatic heterocycles. The molecule has 11 heteroatoms. The second-order valence-electron chi connectivity index (χ2n) is 9.49. The molecule has 0 aliphatic rings. The summed E-state index contributed by atoms with van der Waals surface area (Å²) in [4.78, 5) is 32.1. The molecule has 0 fully saturated rings. The largest absolute Gasteiger partial charge is 0.494 e. The van der Waals surface area contributed by atoms with Crippen molar-refractivity contribution in [3.8, 4) is 5.75 Å². The van der Waals surface area contributed by atoms with Gasteiger partial charge in [0, 0.05) is 41.8 Å². The molecule has 0 aliphatic carbocycles. The van der Waals surface area contributed by atoms with Crippen molar-refractivity contribution in [3.63, 3.8) is 0 Å². The standard InChI is InChI=1S/C31H32Cl3N3O5/c1-2-40-28(38)19-24(21-10-4-3-5-11-21)25-20-37-27-18-22(13-14-23(25)27)41-17-9-8-16-36-30(39)42-29(31(32,33)34)26-12-6-7-15-35-26/h3-7,10-15,18,20,24,29,37H,2,8-9,16-17,19H2,1H3,(H,36,39). The topological polar surface area (TPSA) is 103 Å². The van der Waals surface area contributed by atoms with Crippen LogP contribution in [-0.2, 0) is 14.3 Å².